The molecular weight excluding hydrogens is 536 g/mol. The second kappa shape index (κ2) is 12.5. The zero-order valence-corrected chi connectivity index (χ0v) is 20.2. The lowest BCUT2D eigenvalue weighted by Crippen LogP contribution is -2.39. The number of hydrogen-bond donors (Lipinski definition) is 2. The van der Waals surface area contributed by atoms with Crippen molar-refractivity contribution < 1.29 is 17.9 Å². The van der Waals surface area contributed by atoms with Crippen LogP contribution in [0.1, 0.15) is 17.6 Å². The van der Waals surface area contributed by atoms with Gasteiger partial charge in [0.15, 0.2) is 11.7 Å². The predicted molar refractivity (Wildman–Crippen MR) is 124 cm³/mol. The molecule has 1 heterocycles. The van der Waals surface area contributed by atoms with Crippen LogP contribution in [0.15, 0.2) is 39.5 Å². The van der Waals surface area contributed by atoms with E-state index in [1.807, 2.05) is 24.3 Å². The summed E-state index contributed by atoms with van der Waals surface area (Å²) in [7, 11) is 3.27. The first-order valence-corrected chi connectivity index (χ1v) is 10.4. The Morgan fingerprint density at radius 1 is 1.31 bits per heavy atom. The number of methoxy groups -OCH3 is 1. The quantitative estimate of drug-likeness (QED) is 0.209. The summed E-state index contributed by atoms with van der Waals surface area (Å²) in [4.78, 5) is 8.78. The zero-order valence-electron chi connectivity index (χ0n) is 16.2. The largest absolute Gasteiger partial charge is 0.496 e. The van der Waals surface area contributed by atoms with E-state index in [1.54, 1.807) is 25.9 Å². The number of rotatable bonds is 8. The monoisotopic (exact) mass is 560 g/mol. The van der Waals surface area contributed by atoms with Crippen molar-refractivity contribution in [3.63, 3.8) is 0 Å². The van der Waals surface area contributed by atoms with Crippen molar-refractivity contribution >= 4 is 53.0 Å². The summed E-state index contributed by atoms with van der Waals surface area (Å²) in [5.41, 5.74) is -0.862. The van der Waals surface area contributed by atoms with E-state index >= 15 is 0 Å². The van der Waals surface area contributed by atoms with E-state index < -0.39 is 11.9 Å². The van der Waals surface area contributed by atoms with Crippen LogP contribution in [0.2, 0.25) is 0 Å². The number of para-hydroxylation sites is 1. The van der Waals surface area contributed by atoms with Gasteiger partial charge in [-0.05, 0) is 18.1 Å². The molecule has 1 atom stereocenters. The van der Waals surface area contributed by atoms with Gasteiger partial charge >= 0.3 is 6.18 Å². The highest BCUT2D eigenvalue weighted by Gasteiger charge is 2.33. The van der Waals surface area contributed by atoms with Gasteiger partial charge in [-0.1, -0.05) is 19.1 Å². The number of thioether (sulfide) groups is 1. The van der Waals surface area contributed by atoms with E-state index in [1.165, 1.54) is 0 Å². The zero-order chi connectivity index (χ0) is 20.6. The molecule has 0 spiro atoms. The fourth-order valence-electron chi connectivity index (χ4n) is 2.20. The number of benzene rings is 1. The number of hydrogen-bond acceptors (Lipinski definition) is 5. The summed E-state index contributed by atoms with van der Waals surface area (Å²) in [6, 6.07) is 7.86. The van der Waals surface area contributed by atoms with Crippen LogP contribution in [0.4, 0.5) is 13.2 Å². The minimum absolute atomic E-state index is 0. The second-order valence-corrected chi connectivity index (χ2v) is 8.00. The Kier molecular flexibility index (Phi) is 11.1. The van der Waals surface area contributed by atoms with Gasteiger partial charge in [-0.2, -0.15) is 13.2 Å². The first-order valence-electron chi connectivity index (χ1n) is 8.55. The van der Waals surface area contributed by atoms with Gasteiger partial charge in [0.25, 0.3) is 0 Å². The molecule has 1 unspecified atom stereocenters. The molecule has 0 amide bonds. The predicted octanol–water partition coefficient (Wildman–Crippen LogP) is 4.88. The molecule has 2 N–H and O–H groups in total. The molecule has 29 heavy (non-hydrogen) atoms. The Labute approximate surface area is 194 Å². The number of nitrogens with one attached hydrogen (secondary N) is 2. The van der Waals surface area contributed by atoms with Crippen molar-refractivity contribution in [2.24, 2.45) is 10.9 Å². The highest BCUT2D eigenvalue weighted by Crippen LogP contribution is 2.30. The normalized spacial score (nSPS) is 12.8. The summed E-state index contributed by atoms with van der Waals surface area (Å²) in [6.07, 6.45) is -4.41. The molecule has 1 aromatic carbocycles. The highest BCUT2D eigenvalue weighted by atomic mass is 127. The molecule has 5 nitrogen and oxygen atoms in total. The topological polar surface area (TPSA) is 58.5 Å². The fourth-order valence-corrected chi connectivity index (χ4v) is 3.99. The molecule has 2 rings (SSSR count). The summed E-state index contributed by atoms with van der Waals surface area (Å²) in [6.45, 7) is 2.97. The maximum atomic E-state index is 12.6. The van der Waals surface area contributed by atoms with Crippen molar-refractivity contribution in [3.8, 4) is 5.75 Å². The van der Waals surface area contributed by atoms with Crippen LogP contribution in [0, 0.1) is 5.92 Å². The lowest BCUT2D eigenvalue weighted by molar-refractivity contribution is -0.140. The van der Waals surface area contributed by atoms with Gasteiger partial charge < -0.3 is 15.4 Å². The third-order valence-corrected chi connectivity index (χ3v) is 5.92. The maximum Gasteiger partial charge on any atom is 0.434 e. The Morgan fingerprint density at radius 3 is 2.66 bits per heavy atom. The van der Waals surface area contributed by atoms with Crippen LogP contribution >= 0.6 is 47.1 Å². The number of alkyl halides is 3. The van der Waals surface area contributed by atoms with Crippen LogP contribution in [0.25, 0.3) is 0 Å². The summed E-state index contributed by atoms with van der Waals surface area (Å²) in [5.74, 6) is 2.60. The van der Waals surface area contributed by atoms with Gasteiger partial charge in [0.05, 0.1) is 13.7 Å². The van der Waals surface area contributed by atoms with E-state index in [2.05, 4.69) is 27.5 Å². The van der Waals surface area contributed by atoms with E-state index in [0.29, 0.717) is 23.4 Å². The smallest absolute Gasteiger partial charge is 0.434 e. The molecule has 0 saturated heterocycles. The van der Waals surface area contributed by atoms with Gasteiger partial charge in [-0.15, -0.1) is 47.1 Å². The Bertz CT molecular complexity index is 786. The highest BCUT2D eigenvalue weighted by molar-refractivity contribution is 14.0. The molecule has 0 radical (unpaired) electrons. The molecular formula is C18H24F3IN4OS2. The molecule has 0 aliphatic heterocycles. The minimum atomic E-state index is -4.41. The van der Waals surface area contributed by atoms with Gasteiger partial charge in [0.2, 0.25) is 0 Å². The molecule has 0 saturated carbocycles. The van der Waals surface area contributed by atoms with Crippen LogP contribution in [0.3, 0.4) is 0 Å². The van der Waals surface area contributed by atoms with Gasteiger partial charge in [0.1, 0.15) is 10.8 Å². The number of thiazole rings is 1. The molecule has 1 aromatic heterocycles. The fraction of sp³-hybridized carbons (Fsp3) is 0.444. The third-order valence-electron chi connectivity index (χ3n) is 3.68. The number of aliphatic imine (C=N–C) groups is 1. The molecule has 0 aliphatic carbocycles. The van der Waals surface area contributed by atoms with Crippen molar-refractivity contribution in [3.05, 3.63) is 40.3 Å². The van der Waals surface area contributed by atoms with E-state index in [-0.39, 0.29) is 30.5 Å². The first-order chi connectivity index (χ1) is 13.3. The van der Waals surface area contributed by atoms with Crippen LogP contribution in [-0.4, -0.2) is 37.4 Å². The number of halogens is 4. The maximum absolute atomic E-state index is 12.6. The van der Waals surface area contributed by atoms with Crippen molar-refractivity contribution in [2.75, 3.05) is 26.5 Å². The van der Waals surface area contributed by atoms with Crippen molar-refractivity contribution in [1.29, 1.82) is 0 Å². The standard InChI is InChI=1S/C18H23F3N4OS2.HI/c1-12(10-27-14-7-5-4-6-13(14)26-3)8-23-17(22-2)24-9-16-25-15(11-28-16)18(19,20)21;/h4-7,11-12H,8-10H2,1-3H3,(H2,22,23,24);1H. The summed E-state index contributed by atoms with van der Waals surface area (Å²) >= 11 is 2.69. The van der Waals surface area contributed by atoms with Crippen LogP contribution in [-0.2, 0) is 12.7 Å². The number of ether oxygens (including phenoxy) is 1. The molecule has 0 fully saturated rings. The molecule has 0 bridgehead atoms. The second-order valence-electron chi connectivity index (χ2n) is 6.00. The van der Waals surface area contributed by atoms with Crippen LogP contribution in [0.5, 0.6) is 5.75 Å². The average Bonchev–Trinajstić information content (AvgIpc) is 3.16. The molecule has 162 valence electrons. The minimum Gasteiger partial charge on any atom is -0.496 e. The van der Waals surface area contributed by atoms with Crippen molar-refractivity contribution in [1.82, 2.24) is 15.6 Å². The van der Waals surface area contributed by atoms with E-state index in [4.69, 9.17) is 4.74 Å². The molecule has 2 aromatic rings. The van der Waals surface area contributed by atoms with Gasteiger partial charge in [-0.25, -0.2) is 4.98 Å². The average molecular weight is 560 g/mol. The Balaban J connectivity index is 0.00000420. The molecule has 0 aliphatic rings. The number of guanidine groups is 1. The third kappa shape index (κ3) is 8.59. The number of aromatic nitrogens is 1. The number of nitrogens with zero attached hydrogens (tertiary/aromatic N) is 2. The Morgan fingerprint density at radius 2 is 2.03 bits per heavy atom. The summed E-state index contributed by atoms with van der Waals surface area (Å²) < 4.78 is 43.1. The summed E-state index contributed by atoms with van der Waals surface area (Å²) in [5, 5.41) is 7.56. The van der Waals surface area contributed by atoms with E-state index in [0.717, 1.165) is 33.1 Å². The lowest BCUT2D eigenvalue weighted by atomic mass is 10.2. The SMILES string of the molecule is CN=C(NCc1nc(C(F)(F)F)cs1)NCC(C)CSc1ccccc1OC.I. The molecule has 11 heteroatoms. The van der Waals surface area contributed by atoms with E-state index in [9.17, 15) is 13.2 Å². The Hall–Kier alpha value is -1.21. The van der Waals surface area contributed by atoms with Crippen LogP contribution < -0.4 is 15.4 Å². The van der Waals surface area contributed by atoms with Gasteiger partial charge in [0, 0.05) is 29.6 Å². The lowest BCUT2D eigenvalue weighted by Gasteiger charge is -2.16. The van der Waals surface area contributed by atoms with Crippen molar-refractivity contribution in [2.45, 2.75) is 24.5 Å². The van der Waals surface area contributed by atoms with Gasteiger partial charge in [-0.3, -0.25) is 4.99 Å². The first kappa shape index (κ1) is 25.8.